The van der Waals surface area contributed by atoms with Crippen molar-refractivity contribution in [2.45, 2.75) is 31.0 Å². The maximum Gasteiger partial charge on any atom is 0.256 e. The highest BCUT2D eigenvalue weighted by molar-refractivity contribution is 5.85. The number of rotatable bonds is 3. The standard InChI is InChI=1S/C16H28N2O5/c1-15(14(19)18-5-9-22-10-6-18)12-17(4-11-23-15)13-16(20)2-7-21-8-3-16/h20H,2-13H2,1H3/t15-/m0/s1. The van der Waals surface area contributed by atoms with Crippen LogP contribution in [0, 0.1) is 0 Å². The first-order valence-corrected chi connectivity index (χ1v) is 8.54. The molecule has 3 fully saturated rings. The predicted molar refractivity (Wildman–Crippen MR) is 83.2 cm³/mol. The Morgan fingerprint density at radius 3 is 2.39 bits per heavy atom. The number of aliphatic hydroxyl groups is 1. The molecule has 1 amide bonds. The van der Waals surface area contributed by atoms with Gasteiger partial charge in [-0.05, 0) is 6.92 Å². The summed E-state index contributed by atoms with van der Waals surface area (Å²) in [5.74, 6) is 0.0319. The van der Waals surface area contributed by atoms with E-state index >= 15 is 0 Å². The van der Waals surface area contributed by atoms with Gasteiger partial charge in [0.2, 0.25) is 0 Å². The van der Waals surface area contributed by atoms with Crippen molar-refractivity contribution in [3.05, 3.63) is 0 Å². The van der Waals surface area contributed by atoms with Crippen molar-refractivity contribution in [3.63, 3.8) is 0 Å². The van der Waals surface area contributed by atoms with E-state index < -0.39 is 11.2 Å². The van der Waals surface area contributed by atoms with Crippen LogP contribution in [0.5, 0.6) is 0 Å². The highest BCUT2D eigenvalue weighted by Crippen LogP contribution is 2.26. The Balaban J connectivity index is 1.61. The molecular formula is C16H28N2O5. The number of hydrogen-bond donors (Lipinski definition) is 1. The predicted octanol–water partition coefficient (Wildman–Crippen LogP) is -0.522. The molecule has 0 spiro atoms. The van der Waals surface area contributed by atoms with E-state index in [9.17, 15) is 9.90 Å². The van der Waals surface area contributed by atoms with Crippen molar-refractivity contribution >= 4 is 5.91 Å². The molecule has 7 nitrogen and oxygen atoms in total. The van der Waals surface area contributed by atoms with Crippen molar-refractivity contribution in [2.75, 3.05) is 65.8 Å². The van der Waals surface area contributed by atoms with Crippen molar-refractivity contribution in [3.8, 4) is 0 Å². The minimum atomic E-state index is -0.836. The zero-order valence-electron chi connectivity index (χ0n) is 14.0. The number of nitrogens with zero attached hydrogens (tertiary/aromatic N) is 2. The summed E-state index contributed by atoms with van der Waals surface area (Å²) >= 11 is 0. The maximum atomic E-state index is 12.8. The van der Waals surface area contributed by atoms with Gasteiger partial charge in [-0.15, -0.1) is 0 Å². The van der Waals surface area contributed by atoms with Crippen LogP contribution < -0.4 is 0 Å². The van der Waals surface area contributed by atoms with Crippen LogP contribution >= 0.6 is 0 Å². The van der Waals surface area contributed by atoms with Gasteiger partial charge in [0, 0.05) is 58.8 Å². The van der Waals surface area contributed by atoms with Gasteiger partial charge in [0.1, 0.15) is 0 Å². The minimum Gasteiger partial charge on any atom is -0.388 e. The largest absolute Gasteiger partial charge is 0.388 e. The number of ether oxygens (including phenoxy) is 3. The molecule has 0 radical (unpaired) electrons. The lowest BCUT2D eigenvalue weighted by atomic mass is 9.92. The topological polar surface area (TPSA) is 71.5 Å². The fourth-order valence-corrected chi connectivity index (χ4v) is 3.64. The molecule has 0 bridgehead atoms. The second-order valence-corrected chi connectivity index (χ2v) is 7.03. The summed E-state index contributed by atoms with van der Waals surface area (Å²) in [5, 5.41) is 10.7. The Hall–Kier alpha value is -0.730. The van der Waals surface area contributed by atoms with Crippen molar-refractivity contribution in [1.82, 2.24) is 9.80 Å². The minimum absolute atomic E-state index is 0.0319. The second kappa shape index (κ2) is 7.03. The Bertz CT molecular complexity index is 421. The molecule has 132 valence electrons. The van der Waals surface area contributed by atoms with Gasteiger partial charge >= 0.3 is 0 Å². The van der Waals surface area contributed by atoms with Crippen LogP contribution in [0.2, 0.25) is 0 Å². The molecule has 0 aromatic carbocycles. The molecule has 7 heteroatoms. The van der Waals surface area contributed by atoms with Crippen molar-refractivity contribution < 1.29 is 24.1 Å². The smallest absolute Gasteiger partial charge is 0.256 e. The van der Waals surface area contributed by atoms with E-state index in [4.69, 9.17) is 14.2 Å². The number of carbonyl (C=O) groups excluding carboxylic acids is 1. The first-order valence-electron chi connectivity index (χ1n) is 8.54. The lowest BCUT2D eigenvalue weighted by Crippen LogP contribution is -2.62. The van der Waals surface area contributed by atoms with Crippen LogP contribution in [0.1, 0.15) is 19.8 Å². The van der Waals surface area contributed by atoms with Crippen LogP contribution in [0.15, 0.2) is 0 Å². The van der Waals surface area contributed by atoms with Crippen molar-refractivity contribution in [2.24, 2.45) is 0 Å². The third-order valence-corrected chi connectivity index (χ3v) is 5.05. The highest BCUT2D eigenvalue weighted by Gasteiger charge is 2.44. The summed E-state index contributed by atoms with van der Waals surface area (Å²) in [5.41, 5.74) is -1.55. The summed E-state index contributed by atoms with van der Waals surface area (Å²) in [6.07, 6.45) is 1.30. The van der Waals surface area contributed by atoms with Crippen LogP contribution in [0.25, 0.3) is 0 Å². The molecule has 3 saturated heterocycles. The molecule has 0 aliphatic carbocycles. The van der Waals surface area contributed by atoms with Crippen LogP contribution in [-0.4, -0.2) is 97.8 Å². The third-order valence-electron chi connectivity index (χ3n) is 5.05. The quantitative estimate of drug-likeness (QED) is 0.752. The third kappa shape index (κ3) is 4.03. The summed E-state index contributed by atoms with van der Waals surface area (Å²) in [4.78, 5) is 16.8. The monoisotopic (exact) mass is 328 g/mol. The van der Waals surface area contributed by atoms with Gasteiger partial charge < -0.3 is 24.2 Å². The summed E-state index contributed by atoms with van der Waals surface area (Å²) in [6, 6.07) is 0. The molecule has 0 saturated carbocycles. The Morgan fingerprint density at radius 2 is 1.70 bits per heavy atom. The molecule has 1 atom stereocenters. The zero-order chi connectivity index (χ0) is 16.3. The van der Waals surface area contributed by atoms with Crippen LogP contribution in [0.4, 0.5) is 0 Å². The van der Waals surface area contributed by atoms with Gasteiger partial charge in [-0.2, -0.15) is 0 Å². The molecular weight excluding hydrogens is 300 g/mol. The fourth-order valence-electron chi connectivity index (χ4n) is 3.64. The molecule has 3 aliphatic heterocycles. The normalized spacial score (nSPS) is 32.7. The molecule has 1 N–H and O–H groups in total. The maximum absolute atomic E-state index is 12.8. The molecule has 3 aliphatic rings. The SMILES string of the molecule is C[C@@]1(C(=O)N2CCOCC2)CN(CC2(O)CCOCC2)CCO1. The van der Waals surface area contributed by atoms with Gasteiger partial charge in [0.15, 0.2) is 5.60 Å². The molecule has 3 rings (SSSR count). The van der Waals surface area contributed by atoms with Gasteiger partial charge in [-0.25, -0.2) is 0 Å². The number of morpholine rings is 2. The van der Waals surface area contributed by atoms with Crippen LogP contribution in [-0.2, 0) is 19.0 Å². The summed E-state index contributed by atoms with van der Waals surface area (Å²) in [6.45, 7) is 7.85. The van der Waals surface area contributed by atoms with Gasteiger partial charge in [-0.1, -0.05) is 0 Å². The lowest BCUT2D eigenvalue weighted by Gasteiger charge is -2.45. The van der Waals surface area contributed by atoms with E-state index in [1.165, 1.54) is 0 Å². The van der Waals surface area contributed by atoms with Crippen LogP contribution in [0.3, 0.4) is 0 Å². The molecule has 23 heavy (non-hydrogen) atoms. The van der Waals surface area contributed by atoms with E-state index in [1.54, 1.807) is 0 Å². The first kappa shape index (κ1) is 17.1. The Kier molecular flexibility index (Phi) is 5.22. The average molecular weight is 328 g/mol. The summed E-state index contributed by atoms with van der Waals surface area (Å²) < 4.78 is 16.5. The Labute approximate surface area is 137 Å². The molecule has 0 unspecified atom stereocenters. The highest BCUT2D eigenvalue weighted by atomic mass is 16.5. The van der Waals surface area contributed by atoms with E-state index in [1.807, 2.05) is 11.8 Å². The van der Waals surface area contributed by atoms with E-state index in [-0.39, 0.29) is 5.91 Å². The van der Waals surface area contributed by atoms with E-state index in [0.29, 0.717) is 72.1 Å². The number of amides is 1. The van der Waals surface area contributed by atoms with Crippen molar-refractivity contribution in [1.29, 1.82) is 0 Å². The van der Waals surface area contributed by atoms with Gasteiger partial charge in [-0.3, -0.25) is 9.69 Å². The molecule has 0 aromatic heterocycles. The van der Waals surface area contributed by atoms with Gasteiger partial charge in [0.05, 0.1) is 25.4 Å². The molecule has 0 aromatic rings. The number of β-amino-alcohol motifs (C(OH)–C–C–N with tert-alkyl or cyclic N) is 1. The molecule has 3 heterocycles. The average Bonchev–Trinajstić information content (AvgIpc) is 2.55. The zero-order valence-corrected chi connectivity index (χ0v) is 14.0. The Morgan fingerprint density at radius 1 is 1.04 bits per heavy atom. The lowest BCUT2D eigenvalue weighted by molar-refractivity contribution is -0.175. The first-order chi connectivity index (χ1) is 11.0. The van der Waals surface area contributed by atoms with E-state index in [0.717, 1.165) is 6.54 Å². The fraction of sp³-hybridized carbons (Fsp3) is 0.938. The second-order valence-electron chi connectivity index (χ2n) is 7.03. The number of carbonyl (C=O) groups is 1. The van der Waals surface area contributed by atoms with Gasteiger partial charge in [0.25, 0.3) is 5.91 Å². The van der Waals surface area contributed by atoms with E-state index in [2.05, 4.69) is 4.90 Å². The summed E-state index contributed by atoms with van der Waals surface area (Å²) in [7, 11) is 0. The number of hydrogen-bond acceptors (Lipinski definition) is 6.